The Morgan fingerprint density at radius 3 is 2.63 bits per heavy atom. The molecule has 1 aliphatic carbocycles. The number of carbonyl (C=O) groups is 2. The maximum atomic E-state index is 13.7. The van der Waals surface area contributed by atoms with Gasteiger partial charge in [-0.15, -0.1) is 22.7 Å². The van der Waals surface area contributed by atoms with Gasteiger partial charge in [0, 0.05) is 11.4 Å². The fourth-order valence-corrected chi connectivity index (χ4v) is 8.73. The van der Waals surface area contributed by atoms with Gasteiger partial charge in [0.25, 0.3) is 10.0 Å². The van der Waals surface area contributed by atoms with E-state index in [0.29, 0.717) is 10.6 Å². The second-order valence-corrected chi connectivity index (χ2v) is 12.8. The molecule has 0 radical (unpaired) electrons. The summed E-state index contributed by atoms with van der Waals surface area (Å²) in [6.07, 6.45) is 3.90. The normalized spacial score (nSPS) is 17.9. The van der Waals surface area contributed by atoms with Crippen LogP contribution in [0, 0.1) is 0 Å². The lowest BCUT2D eigenvalue weighted by molar-refractivity contribution is -0.120. The summed E-state index contributed by atoms with van der Waals surface area (Å²) in [5, 5.41) is 5.09. The molecule has 1 aromatic carbocycles. The molecule has 1 N–H and O–H groups in total. The van der Waals surface area contributed by atoms with Crippen LogP contribution in [0.25, 0.3) is 0 Å². The van der Waals surface area contributed by atoms with Gasteiger partial charge in [-0.05, 0) is 67.2 Å². The van der Waals surface area contributed by atoms with Crippen LogP contribution in [0.5, 0.6) is 0 Å². The Balaban J connectivity index is 1.51. The average Bonchev–Trinajstić information content (AvgIpc) is 3.52. The Hall–Kier alpha value is -2.53. The van der Waals surface area contributed by atoms with E-state index in [9.17, 15) is 18.0 Å². The number of amides is 1. The van der Waals surface area contributed by atoms with Crippen molar-refractivity contribution in [3.8, 4) is 0 Å². The summed E-state index contributed by atoms with van der Waals surface area (Å²) in [5.74, 6) is -0.886. The number of aryl methyl sites for hydroxylation is 1. The SMILES string of the molecule is CCOC(=O)c1c(NC(=O)[C@H]2Cc3ccccc3CN2S(=O)(=O)c2cccs2)sc2c1CCCC2. The van der Waals surface area contributed by atoms with Crippen LogP contribution in [0.4, 0.5) is 5.00 Å². The first kappa shape index (κ1) is 24.2. The van der Waals surface area contributed by atoms with E-state index in [1.165, 1.54) is 15.6 Å². The predicted molar refractivity (Wildman–Crippen MR) is 137 cm³/mol. The van der Waals surface area contributed by atoms with Gasteiger partial charge < -0.3 is 10.1 Å². The molecule has 2 aliphatic rings. The van der Waals surface area contributed by atoms with Crippen molar-refractivity contribution in [2.45, 2.75) is 55.8 Å². The molecular weight excluding hydrogens is 504 g/mol. The highest BCUT2D eigenvalue weighted by Crippen LogP contribution is 2.39. The number of esters is 1. The van der Waals surface area contributed by atoms with Gasteiger partial charge in [-0.25, -0.2) is 13.2 Å². The lowest BCUT2D eigenvalue weighted by Gasteiger charge is -2.34. The number of sulfonamides is 1. The van der Waals surface area contributed by atoms with E-state index in [0.717, 1.165) is 58.6 Å². The van der Waals surface area contributed by atoms with E-state index in [-0.39, 0.29) is 23.8 Å². The zero-order chi connectivity index (χ0) is 24.6. The van der Waals surface area contributed by atoms with E-state index in [2.05, 4.69) is 5.32 Å². The largest absolute Gasteiger partial charge is 0.462 e. The van der Waals surface area contributed by atoms with Crippen molar-refractivity contribution >= 4 is 49.6 Å². The van der Waals surface area contributed by atoms with Gasteiger partial charge in [0.2, 0.25) is 5.91 Å². The van der Waals surface area contributed by atoms with E-state index >= 15 is 0 Å². The summed E-state index contributed by atoms with van der Waals surface area (Å²) in [6, 6.07) is 9.89. The monoisotopic (exact) mass is 530 g/mol. The smallest absolute Gasteiger partial charge is 0.341 e. The molecule has 1 amide bonds. The second kappa shape index (κ2) is 9.85. The number of anilines is 1. The van der Waals surface area contributed by atoms with E-state index in [4.69, 9.17) is 4.74 Å². The lowest BCUT2D eigenvalue weighted by atomic mass is 9.94. The van der Waals surface area contributed by atoms with Gasteiger partial charge in [0.05, 0.1) is 12.2 Å². The molecule has 0 saturated heterocycles. The van der Waals surface area contributed by atoms with Crippen LogP contribution in [-0.4, -0.2) is 37.2 Å². The highest BCUT2D eigenvalue weighted by molar-refractivity contribution is 7.91. The Labute approximate surface area is 212 Å². The summed E-state index contributed by atoms with van der Waals surface area (Å²) >= 11 is 2.53. The Morgan fingerprint density at radius 2 is 1.89 bits per heavy atom. The molecule has 1 aliphatic heterocycles. The van der Waals surface area contributed by atoms with E-state index < -0.39 is 27.9 Å². The van der Waals surface area contributed by atoms with E-state index in [1.807, 2.05) is 24.3 Å². The minimum atomic E-state index is -3.88. The Bertz CT molecular complexity index is 1360. The van der Waals surface area contributed by atoms with Crippen LogP contribution in [0.15, 0.2) is 46.0 Å². The fourth-order valence-electron chi connectivity index (χ4n) is 4.77. The molecule has 184 valence electrons. The summed E-state index contributed by atoms with van der Waals surface area (Å²) in [6.45, 7) is 2.10. The third-order valence-corrected chi connectivity index (χ3v) is 10.9. The lowest BCUT2D eigenvalue weighted by Crippen LogP contribution is -2.50. The number of thiophene rings is 2. The number of nitrogens with one attached hydrogen (secondary N) is 1. The fraction of sp³-hybridized carbons (Fsp3) is 0.360. The first-order valence-corrected chi connectivity index (χ1v) is 14.8. The molecule has 0 fully saturated rings. The summed E-state index contributed by atoms with van der Waals surface area (Å²) < 4.78 is 33.8. The molecule has 0 unspecified atom stereocenters. The topological polar surface area (TPSA) is 92.8 Å². The van der Waals surface area contributed by atoms with Gasteiger partial charge in [-0.3, -0.25) is 4.79 Å². The number of hydrogen-bond donors (Lipinski definition) is 1. The van der Waals surface area contributed by atoms with Crippen molar-refractivity contribution in [1.82, 2.24) is 4.31 Å². The van der Waals surface area contributed by atoms with Crippen LogP contribution >= 0.6 is 22.7 Å². The standard InChI is InChI=1S/C25H26N2O5S3/c1-2-32-25(29)22-18-10-5-6-11-20(18)34-24(22)26-23(28)19-14-16-8-3-4-9-17(16)15-27(19)35(30,31)21-12-7-13-33-21/h3-4,7-9,12-13,19H,2,5-6,10-11,14-15H2,1H3,(H,26,28)/t19-/m1/s1. The maximum Gasteiger partial charge on any atom is 0.341 e. The van der Waals surface area contributed by atoms with Crippen LogP contribution in [0.1, 0.15) is 51.7 Å². The molecule has 0 saturated carbocycles. The minimum absolute atomic E-state index is 0.111. The van der Waals surface area contributed by atoms with Crippen LogP contribution in [0.2, 0.25) is 0 Å². The van der Waals surface area contributed by atoms with Crippen molar-refractivity contribution in [3.05, 3.63) is 68.9 Å². The van der Waals surface area contributed by atoms with Gasteiger partial charge >= 0.3 is 5.97 Å². The first-order valence-electron chi connectivity index (χ1n) is 11.6. The molecule has 0 spiro atoms. The number of carbonyl (C=O) groups excluding carboxylic acids is 2. The van der Waals surface area contributed by atoms with Crippen molar-refractivity contribution in [2.24, 2.45) is 0 Å². The molecule has 1 atom stereocenters. The Kier molecular flexibility index (Phi) is 6.80. The summed E-state index contributed by atoms with van der Waals surface area (Å²) in [5.41, 5.74) is 3.20. The predicted octanol–water partition coefficient (Wildman–Crippen LogP) is 4.62. The first-order chi connectivity index (χ1) is 16.9. The quantitative estimate of drug-likeness (QED) is 0.470. The third-order valence-electron chi connectivity index (χ3n) is 6.45. The Morgan fingerprint density at radius 1 is 1.11 bits per heavy atom. The van der Waals surface area contributed by atoms with Crippen LogP contribution in [-0.2, 0) is 45.4 Å². The molecule has 0 bridgehead atoms. The number of fused-ring (bicyclic) bond motifs is 2. The number of rotatable bonds is 6. The highest BCUT2D eigenvalue weighted by atomic mass is 32.2. The molecule has 35 heavy (non-hydrogen) atoms. The molecule has 3 heterocycles. The van der Waals surface area contributed by atoms with Gasteiger partial charge in [0.15, 0.2) is 0 Å². The molecule has 7 nitrogen and oxygen atoms in total. The molecule has 3 aromatic rings. The second-order valence-electron chi connectivity index (χ2n) is 8.60. The maximum absolute atomic E-state index is 13.7. The van der Waals surface area contributed by atoms with Gasteiger partial charge in [-0.1, -0.05) is 30.3 Å². The number of benzene rings is 1. The number of hydrogen-bond acceptors (Lipinski definition) is 7. The van der Waals surface area contributed by atoms with Crippen molar-refractivity contribution in [2.75, 3.05) is 11.9 Å². The van der Waals surface area contributed by atoms with Gasteiger partial charge in [0.1, 0.15) is 15.3 Å². The average molecular weight is 531 g/mol. The molecule has 2 aromatic heterocycles. The third kappa shape index (κ3) is 4.55. The summed E-state index contributed by atoms with van der Waals surface area (Å²) in [4.78, 5) is 27.6. The molecular formula is C25H26N2O5S3. The van der Waals surface area contributed by atoms with Gasteiger partial charge in [-0.2, -0.15) is 4.31 Å². The molecule has 10 heteroatoms. The zero-order valence-corrected chi connectivity index (χ0v) is 21.7. The van der Waals surface area contributed by atoms with Crippen molar-refractivity contribution in [1.29, 1.82) is 0 Å². The van der Waals surface area contributed by atoms with Crippen LogP contribution in [0.3, 0.4) is 0 Å². The van der Waals surface area contributed by atoms with Crippen LogP contribution < -0.4 is 5.32 Å². The van der Waals surface area contributed by atoms with Crippen molar-refractivity contribution in [3.63, 3.8) is 0 Å². The number of ether oxygens (including phenoxy) is 1. The number of nitrogens with zero attached hydrogens (tertiary/aromatic N) is 1. The minimum Gasteiger partial charge on any atom is -0.462 e. The molecule has 5 rings (SSSR count). The van der Waals surface area contributed by atoms with E-state index in [1.54, 1.807) is 24.4 Å². The van der Waals surface area contributed by atoms with Crippen molar-refractivity contribution < 1.29 is 22.7 Å². The highest BCUT2D eigenvalue weighted by Gasteiger charge is 2.41. The summed E-state index contributed by atoms with van der Waals surface area (Å²) in [7, 11) is -3.88. The zero-order valence-electron chi connectivity index (χ0n) is 19.3.